The Morgan fingerprint density at radius 2 is 1.75 bits per heavy atom. The van der Waals surface area contributed by atoms with Crippen LogP contribution in [0.3, 0.4) is 0 Å². The highest BCUT2D eigenvalue weighted by atomic mass is 19.3. The third-order valence-corrected chi connectivity index (χ3v) is 2.38. The third-order valence-electron chi connectivity index (χ3n) is 2.38. The van der Waals surface area contributed by atoms with Crippen LogP contribution in [0.25, 0.3) is 0 Å². The van der Waals surface area contributed by atoms with Crippen molar-refractivity contribution in [3.63, 3.8) is 0 Å². The zero-order valence-electron chi connectivity index (χ0n) is 9.50. The fourth-order valence-corrected chi connectivity index (χ4v) is 1.19. The monoisotopic (exact) mass is 229 g/mol. The quantitative estimate of drug-likeness (QED) is 0.810. The van der Waals surface area contributed by atoms with Gasteiger partial charge < -0.3 is 10.4 Å². The Morgan fingerprint density at radius 1 is 1.19 bits per heavy atom. The number of alkyl halides is 2. The average Bonchev–Trinajstić information content (AvgIpc) is 2.28. The van der Waals surface area contributed by atoms with Crippen molar-refractivity contribution in [1.29, 1.82) is 0 Å². The van der Waals surface area contributed by atoms with Gasteiger partial charge in [-0.1, -0.05) is 30.3 Å². The Labute approximate surface area is 94.3 Å². The summed E-state index contributed by atoms with van der Waals surface area (Å²) in [4.78, 5) is 0. The van der Waals surface area contributed by atoms with Crippen LogP contribution in [0.1, 0.15) is 19.4 Å². The van der Waals surface area contributed by atoms with Crippen LogP contribution in [-0.2, 0) is 5.92 Å². The second-order valence-electron chi connectivity index (χ2n) is 4.47. The predicted molar refractivity (Wildman–Crippen MR) is 59.5 cm³/mol. The third kappa shape index (κ3) is 3.54. The molecule has 0 unspecified atom stereocenters. The van der Waals surface area contributed by atoms with Crippen molar-refractivity contribution in [2.24, 2.45) is 0 Å². The van der Waals surface area contributed by atoms with Gasteiger partial charge in [0.25, 0.3) is 5.92 Å². The summed E-state index contributed by atoms with van der Waals surface area (Å²) in [5.74, 6) is -2.92. The molecule has 1 rings (SSSR count). The largest absolute Gasteiger partial charge is 0.394 e. The van der Waals surface area contributed by atoms with E-state index >= 15 is 0 Å². The number of hydrogen-bond donors (Lipinski definition) is 2. The fourth-order valence-electron chi connectivity index (χ4n) is 1.19. The van der Waals surface area contributed by atoms with Crippen molar-refractivity contribution < 1.29 is 13.9 Å². The molecule has 0 aliphatic carbocycles. The minimum atomic E-state index is -2.92. The summed E-state index contributed by atoms with van der Waals surface area (Å²) >= 11 is 0. The van der Waals surface area contributed by atoms with Crippen molar-refractivity contribution in [1.82, 2.24) is 5.32 Å². The van der Waals surface area contributed by atoms with E-state index in [-0.39, 0.29) is 12.2 Å². The molecule has 0 heterocycles. The molecule has 0 amide bonds. The maximum Gasteiger partial charge on any atom is 0.285 e. The number of nitrogens with one attached hydrogen (secondary N) is 1. The first-order valence-corrected chi connectivity index (χ1v) is 5.17. The molecular formula is C12H17F2NO. The highest BCUT2D eigenvalue weighted by Crippen LogP contribution is 2.27. The summed E-state index contributed by atoms with van der Waals surface area (Å²) in [7, 11) is 0. The molecule has 0 spiro atoms. The lowest BCUT2D eigenvalue weighted by molar-refractivity contribution is -0.0125. The van der Waals surface area contributed by atoms with Crippen LogP contribution < -0.4 is 5.32 Å². The number of halogens is 2. The van der Waals surface area contributed by atoms with Gasteiger partial charge in [0.05, 0.1) is 13.2 Å². The van der Waals surface area contributed by atoms with Gasteiger partial charge in [0.15, 0.2) is 0 Å². The molecule has 90 valence electrons. The summed E-state index contributed by atoms with van der Waals surface area (Å²) in [6, 6.07) is 7.66. The molecule has 0 bridgehead atoms. The lowest BCUT2D eigenvalue weighted by Crippen LogP contribution is -2.47. The van der Waals surface area contributed by atoms with E-state index in [1.54, 1.807) is 32.0 Å². The number of aliphatic hydroxyl groups is 1. The number of benzene rings is 1. The molecule has 4 heteroatoms. The fraction of sp³-hybridized carbons (Fsp3) is 0.500. The van der Waals surface area contributed by atoms with Crippen molar-refractivity contribution in [2.45, 2.75) is 25.3 Å². The van der Waals surface area contributed by atoms with Crippen LogP contribution in [-0.4, -0.2) is 23.8 Å². The van der Waals surface area contributed by atoms with Gasteiger partial charge in [0.2, 0.25) is 0 Å². The van der Waals surface area contributed by atoms with Crippen LogP contribution in [0.15, 0.2) is 30.3 Å². The SMILES string of the molecule is CC(C)(CO)NCC(F)(F)c1ccccc1. The van der Waals surface area contributed by atoms with Crippen LogP contribution in [0, 0.1) is 0 Å². The standard InChI is InChI=1S/C12H17F2NO/c1-11(2,9-16)15-8-12(13,14)10-6-4-3-5-7-10/h3-7,15-16H,8-9H2,1-2H3. The topological polar surface area (TPSA) is 32.3 Å². The molecule has 0 aliphatic heterocycles. The molecule has 0 aliphatic rings. The predicted octanol–water partition coefficient (Wildman–Crippen LogP) is 2.14. The van der Waals surface area contributed by atoms with Gasteiger partial charge in [-0.2, -0.15) is 8.78 Å². The van der Waals surface area contributed by atoms with Gasteiger partial charge in [-0.15, -0.1) is 0 Å². The second-order valence-corrected chi connectivity index (χ2v) is 4.47. The smallest absolute Gasteiger partial charge is 0.285 e. The van der Waals surface area contributed by atoms with Gasteiger partial charge >= 0.3 is 0 Å². The van der Waals surface area contributed by atoms with E-state index in [1.807, 2.05) is 0 Å². The Morgan fingerprint density at radius 3 is 2.25 bits per heavy atom. The first-order chi connectivity index (χ1) is 7.37. The van der Waals surface area contributed by atoms with Gasteiger partial charge in [-0.3, -0.25) is 0 Å². The first-order valence-electron chi connectivity index (χ1n) is 5.17. The summed E-state index contributed by atoms with van der Waals surface area (Å²) in [6.45, 7) is 2.69. The minimum Gasteiger partial charge on any atom is -0.394 e. The summed E-state index contributed by atoms with van der Waals surface area (Å²) in [5.41, 5.74) is -0.714. The van der Waals surface area contributed by atoms with E-state index < -0.39 is 18.0 Å². The zero-order chi connectivity index (χ0) is 12.2. The minimum absolute atomic E-state index is 0.0174. The van der Waals surface area contributed by atoms with Crippen molar-refractivity contribution in [2.75, 3.05) is 13.2 Å². The molecule has 0 saturated heterocycles. The second kappa shape index (κ2) is 4.89. The van der Waals surface area contributed by atoms with Gasteiger partial charge in [0, 0.05) is 11.1 Å². The molecule has 0 saturated carbocycles. The molecule has 2 nitrogen and oxygen atoms in total. The summed E-state index contributed by atoms with van der Waals surface area (Å²) in [5, 5.41) is 11.6. The average molecular weight is 229 g/mol. The van der Waals surface area contributed by atoms with Gasteiger partial charge in [-0.05, 0) is 13.8 Å². The number of rotatable bonds is 5. The van der Waals surface area contributed by atoms with Crippen LogP contribution in [0.4, 0.5) is 8.78 Å². The van der Waals surface area contributed by atoms with Crippen molar-refractivity contribution in [3.05, 3.63) is 35.9 Å². The normalized spacial score (nSPS) is 12.8. The number of hydrogen-bond acceptors (Lipinski definition) is 2. The Kier molecular flexibility index (Phi) is 3.99. The summed E-state index contributed by atoms with van der Waals surface area (Å²) in [6.07, 6.45) is 0. The molecule has 1 aromatic carbocycles. The summed E-state index contributed by atoms with van der Waals surface area (Å²) < 4.78 is 27.4. The van der Waals surface area contributed by atoms with E-state index in [4.69, 9.17) is 5.11 Å². The molecule has 0 fully saturated rings. The zero-order valence-corrected chi connectivity index (χ0v) is 9.50. The Bertz CT molecular complexity index is 325. The van der Waals surface area contributed by atoms with Crippen LogP contribution in [0.5, 0.6) is 0 Å². The van der Waals surface area contributed by atoms with Crippen molar-refractivity contribution >= 4 is 0 Å². The van der Waals surface area contributed by atoms with E-state index in [9.17, 15) is 8.78 Å². The van der Waals surface area contributed by atoms with Crippen LogP contribution >= 0.6 is 0 Å². The van der Waals surface area contributed by atoms with E-state index in [1.165, 1.54) is 12.1 Å². The lowest BCUT2D eigenvalue weighted by atomic mass is 10.0. The Hall–Kier alpha value is -1.00. The van der Waals surface area contributed by atoms with Crippen molar-refractivity contribution in [3.8, 4) is 0 Å². The van der Waals surface area contributed by atoms with Gasteiger partial charge in [-0.25, -0.2) is 0 Å². The first kappa shape index (κ1) is 13.1. The molecule has 16 heavy (non-hydrogen) atoms. The van der Waals surface area contributed by atoms with Crippen LogP contribution in [0.2, 0.25) is 0 Å². The Balaban J connectivity index is 2.66. The maximum absolute atomic E-state index is 13.7. The van der Waals surface area contributed by atoms with E-state index in [0.717, 1.165) is 0 Å². The molecule has 2 N–H and O–H groups in total. The highest BCUT2D eigenvalue weighted by Gasteiger charge is 2.33. The molecule has 0 atom stereocenters. The maximum atomic E-state index is 13.7. The molecule has 1 aromatic rings. The number of aliphatic hydroxyl groups excluding tert-OH is 1. The van der Waals surface area contributed by atoms with E-state index in [2.05, 4.69) is 5.32 Å². The molecular weight excluding hydrogens is 212 g/mol. The lowest BCUT2D eigenvalue weighted by Gasteiger charge is -2.27. The molecule has 0 radical (unpaired) electrons. The molecule has 0 aromatic heterocycles. The highest BCUT2D eigenvalue weighted by molar-refractivity contribution is 5.20. The van der Waals surface area contributed by atoms with Gasteiger partial charge in [0.1, 0.15) is 0 Å². The van der Waals surface area contributed by atoms with E-state index in [0.29, 0.717) is 0 Å².